The molecule has 0 heterocycles. The maximum atomic E-state index is 5.46. The molecule has 13 heavy (non-hydrogen) atoms. The molecule has 0 aliphatic carbocycles. The molecule has 0 saturated heterocycles. The third kappa shape index (κ3) is 2.98. The molecule has 0 spiro atoms. The van der Waals surface area contributed by atoms with Crippen molar-refractivity contribution in [1.29, 1.82) is 0 Å². The summed E-state index contributed by atoms with van der Waals surface area (Å²) in [5.74, 6) is 0.765. The van der Waals surface area contributed by atoms with Crippen molar-refractivity contribution >= 4 is 23.1 Å². The number of benzene rings is 1. The van der Waals surface area contributed by atoms with Crippen LogP contribution in [-0.2, 0) is 0 Å². The van der Waals surface area contributed by atoms with Crippen molar-refractivity contribution in [3.63, 3.8) is 0 Å². The number of thiocarbonyl (C=S) groups is 1. The maximum Gasteiger partial charge on any atom is 0.145 e. The lowest BCUT2D eigenvalue weighted by Crippen LogP contribution is -1.94. The van der Waals surface area contributed by atoms with Crippen molar-refractivity contribution in [2.75, 3.05) is 6.61 Å². The van der Waals surface area contributed by atoms with Crippen LogP contribution < -0.4 is 4.74 Å². The van der Waals surface area contributed by atoms with Gasteiger partial charge in [0.1, 0.15) is 11.4 Å². The van der Waals surface area contributed by atoms with Crippen LogP contribution in [0.1, 0.15) is 13.3 Å². The van der Waals surface area contributed by atoms with E-state index in [-0.39, 0.29) is 0 Å². The number of isothiocyanates is 1. The van der Waals surface area contributed by atoms with E-state index in [1.54, 1.807) is 0 Å². The number of aliphatic imine (C=N–C) groups is 1. The highest BCUT2D eigenvalue weighted by Gasteiger charge is 1.98. The Hall–Kier alpha value is -1.18. The minimum Gasteiger partial charge on any atom is -0.491 e. The summed E-state index contributed by atoms with van der Waals surface area (Å²) in [5, 5.41) is 2.33. The zero-order chi connectivity index (χ0) is 9.52. The van der Waals surface area contributed by atoms with Crippen molar-refractivity contribution in [1.82, 2.24) is 0 Å². The van der Waals surface area contributed by atoms with Gasteiger partial charge in [-0.15, -0.1) is 0 Å². The molecule has 0 aliphatic heterocycles. The quantitative estimate of drug-likeness (QED) is 0.541. The Kier molecular flexibility index (Phi) is 4.16. The normalized spacial score (nSPS) is 9.00. The molecule has 1 aromatic rings. The van der Waals surface area contributed by atoms with Crippen molar-refractivity contribution in [3.05, 3.63) is 24.3 Å². The molecule has 0 N–H and O–H groups in total. The molecule has 1 rings (SSSR count). The van der Waals surface area contributed by atoms with Crippen LogP contribution in [0.25, 0.3) is 0 Å². The molecule has 0 bridgehead atoms. The first-order valence-corrected chi connectivity index (χ1v) is 4.59. The first kappa shape index (κ1) is 9.90. The Labute approximate surface area is 83.3 Å². The summed E-state index contributed by atoms with van der Waals surface area (Å²) >= 11 is 4.53. The first-order valence-electron chi connectivity index (χ1n) is 4.18. The lowest BCUT2D eigenvalue weighted by molar-refractivity contribution is 0.318. The van der Waals surface area contributed by atoms with E-state index in [4.69, 9.17) is 4.74 Å². The summed E-state index contributed by atoms with van der Waals surface area (Å²) in [6, 6.07) is 7.53. The Morgan fingerprint density at radius 3 is 2.92 bits per heavy atom. The number of hydrogen-bond acceptors (Lipinski definition) is 3. The SMILES string of the molecule is CCCOc1ccccc1N=C=S. The minimum absolute atomic E-state index is 0.698. The second-order valence-corrected chi connectivity index (χ2v) is 2.70. The van der Waals surface area contributed by atoms with E-state index in [0.29, 0.717) is 6.61 Å². The van der Waals surface area contributed by atoms with Crippen LogP contribution in [-0.4, -0.2) is 11.8 Å². The zero-order valence-electron chi connectivity index (χ0n) is 7.49. The largest absolute Gasteiger partial charge is 0.491 e. The van der Waals surface area contributed by atoms with Crippen LogP contribution in [0.2, 0.25) is 0 Å². The van der Waals surface area contributed by atoms with E-state index in [0.717, 1.165) is 17.9 Å². The monoisotopic (exact) mass is 193 g/mol. The van der Waals surface area contributed by atoms with Gasteiger partial charge >= 0.3 is 0 Å². The Morgan fingerprint density at radius 2 is 2.23 bits per heavy atom. The fourth-order valence-electron chi connectivity index (χ4n) is 0.933. The summed E-state index contributed by atoms with van der Waals surface area (Å²) in [6.45, 7) is 2.76. The van der Waals surface area contributed by atoms with Gasteiger partial charge in [-0.1, -0.05) is 19.1 Å². The molecule has 2 nitrogen and oxygen atoms in total. The average Bonchev–Trinajstić information content (AvgIpc) is 2.17. The van der Waals surface area contributed by atoms with Crippen molar-refractivity contribution < 1.29 is 4.74 Å². The highest BCUT2D eigenvalue weighted by Crippen LogP contribution is 2.26. The van der Waals surface area contributed by atoms with Crippen LogP contribution in [0, 0.1) is 0 Å². The fourth-order valence-corrected chi connectivity index (χ4v) is 1.03. The van der Waals surface area contributed by atoms with Crippen LogP contribution >= 0.6 is 12.2 Å². The summed E-state index contributed by atoms with van der Waals surface area (Å²) < 4.78 is 5.46. The van der Waals surface area contributed by atoms with E-state index < -0.39 is 0 Å². The predicted molar refractivity (Wildman–Crippen MR) is 56.9 cm³/mol. The summed E-state index contributed by atoms with van der Waals surface area (Å²) in [7, 11) is 0. The highest BCUT2D eigenvalue weighted by molar-refractivity contribution is 7.78. The van der Waals surface area contributed by atoms with Gasteiger partial charge in [0.2, 0.25) is 0 Å². The summed E-state index contributed by atoms with van der Waals surface area (Å²) in [6.07, 6.45) is 0.982. The summed E-state index contributed by atoms with van der Waals surface area (Å²) in [5.41, 5.74) is 0.742. The number of hydrogen-bond donors (Lipinski definition) is 0. The molecular formula is C10H11NOS. The van der Waals surface area contributed by atoms with Gasteiger partial charge in [-0.25, -0.2) is 0 Å². The molecule has 0 fully saturated rings. The molecular weight excluding hydrogens is 182 g/mol. The van der Waals surface area contributed by atoms with Crippen molar-refractivity contribution in [2.45, 2.75) is 13.3 Å². The first-order chi connectivity index (χ1) is 6.38. The highest BCUT2D eigenvalue weighted by atomic mass is 32.1. The minimum atomic E-state index is 0.698. The van der Waals surface area contributed by atoms with Crippen molar-refractivity contribution in [2.24, 2.45) is 4.99 Å². The summed E-state index contributed by atoms with van der Waals surface area (Å²) in [4.78, 5) is 3.90. The van der Waals surface area contributed by atoms with Crippen LogP contribution in [0.4, 0.5) is 5.69 Å². The van der Waals surface area contributed by atoms with Gasteiger partial charge in [0, 0.05) is 0 Å². The molecule has 0 unspecified atom stereocenters. The van der Waals surface area contributed by atoms with Crippen LogP contribution in [0.5, 0.6) is 5.75 Å². The second-order valence-electron chi connectivity index (χ2n) is 2.52. The maximum absolute atomic E-state index is 5.46. The third-order valence-electron chi connectivity index (χ3n) is 1.49. The molecule has 0 saturated carbocycles. The molecule has 1 aromatic carbocycles. The molecule has 0 amide bonds. The topological polar surface area (TPSA) is 21.6 Å². The van der Waals surface area contributed by atoms with Gasteiger partial charge in [0.05, 0.1) is 11.8 Å². The van der Waals surface area contributed by atoms with E-state index in [1.165, 1.54) is 0 Å². The molecule has 68 valence electrons. The molecule has 0 aliphatic rings. The predicted octanol–water partition coefficient (Wildman–Crippen LogP) is 3.21. The molecule has 3 heteroatoms. The molecule has 0 atom stereocenters. The Balaban J connectivity index is 2.84. The standard InChI is InChI=1S/C10H11NOS/c1-2-7-12-10-6-4-3-5-9(10)11-8-13/h3-6H,2,7H2,1H3. The van der Waals surface area contributed by atoms with Gasteiger partial charge in [-0.05, 0) is 30.8 Å². The Bertz CT molecular complexity index is 318. The van der Waals surface area contributed by atoms with Crippen LogP contribution in [0.15, 0.2) is 29.3 Å². The number of para-hydroxylation sites is 2. The van der Waals surface area contributed by atoms with Gasteiger partial charge in [0.25, 0.3) is 0 Å². The molecule has 0 radical (unpaired) electrons. The van der Waals surface area contributed by atoms with Crippen molar-refractivity contribution in [3.8, 4) is 5.75 Å². The number of ether oxygens (including phenoxy) is 1. The van der Waals surface area contributed by atoms with E-state index in [9.17, 15) is 0 Å². The zero-order valence-corrected chi connectivity index (χ0v) is 8.30. The Morgan fingerprint density at radius 1 is 1.46 bits per heavy atom. The third-order valence-corrected chi connectivity index (χ3v) is 1.58. The van der Waals surface area contributed by atoms with E-state index in [1.807, 2.05) is 24.3 Å². The second kappa shape index (κ2) is 5.46. The average molecular weight is 193 g/mol. The van der Waals surface area contributed by atoms with Gasteiger partial charge in [0.15, 0.2) is 0 Å². The van der Waals surface area contributed by atoms with E-state index in [2.05, 4.69) is 29.3 Å². The lowest BCUT2D eigenvalue weighted by atomic mass is 10.3. The molecule has 0 aromatic heterocycles. The van der Waals surface area contributed by atoms with E-state index >= 15 is 0 Å². The van der Waals surface area contributed by atoms with Gasteiger partial charge in [-0.3, -0.25) is 0 Å². The smallest absolute Gasteiger partial charge is 0.145 e. The van der Waals surface area contributed by atoms with Gasteiger partial charge < -0.3 is 4.74 Å². The van der Waals surface area contributed by atoms with Crippen LogP contribution in [0.3, 0.4) is 0 Å². The lowest BCUT2D eigenvalue weighted by Gasteiger charge is -2.05. The fraction of sp³-hybridized carbons (Fsp3) is 0.300. The number of rotatable bonds is 4. The number of nitrogens with zero attached hydrogens (tertiary/aromatic N) is 1. The van der Waals surface area contributed by atoms with Gasteiger partial charge in [-0.2, -0.15) is 4.99 Å².